The molecule has 7 nitrogen and oxygen atoms in total. The van der Waals surface area contributed by atoms with Crippen LogP contribution in [0.25, 0.3) is 0 Å². The van der Waals surface area contributed by atoms with E-state index in [0.717, 1.165) is 4.31 Å². The maximum absolute atomic E-state index is 11.8. The third-order valence-electron chi connectivity index (χ3n) is 2.34. The van der Waals surface area contributed by atoms with Crippen LogP contribution in [0, 0.1) is 5.92 Å². The van der Waals surface area contributed by atoms with Crippen LogP contribution in [0.15, 0.2) is 0 Å². The van der Waals surface area contributed by atoms with Crippen molar-refractivity contribution in [1.29, 1.82) is 0 Å². The second kappa shape index (κ2) is 6.90. The Balaban J connectivity index is 4.66. The minimum Gasteiger partial charge on any atom is -0.368 e. The molecule has 0 rings (SSSR count). The molecule has 0 spiro atoms. The van der Waals surface area contributed by atoms with Gasteiger partial charge < -0.3 is 11.5 Å². The first-order valence-electron chi connectivity index (χ1n) is 5.45. The molecule has 0 aromatic rings. The predicted octanol–water partition coefficient (Wildman–Crippen LogP) is -1.39. The molecule has 0 fully saturated rings. The number of nitrogens with two attached hydrogens (primary N) is 2. The zero-order chi connectivity index (χ0) is 13.6. The van der Waals surface area contributed by atoms with Crippen LogP contribution in [0.4, 0.5) is 0 Å². The first-order chi connectivity index (χ1) is 7.72. The summed E-state index contributed by atoms with van der Waals surface area (Å²) in [6, 6.07) is -0.902. The van der Waals surface area contributed by atoms with E-state index in [-0.39, 0.29) is 5.92 Å². The van der Waals surface area contributed by atoms with Crippen molar-refractivity contribution in [3.8, 4) is 0 Å². The number of carbonyl (C=O) groups is 1. The highest BCUT2D eigenvalue weighted by Gasteiger charge is 2.27. The molecule has 1 unspecified atom stereocenters. The van der Waals surface area contributed by atoms with Gasteiger partial charge in [-0.15, -0.1) is 0 Å². The molecule has 1 atom stereocenters. The van der Waals surface area contributed by atoms with E-state index in [2.05, 4.69) is 4.72 Å². The van der Waals surface area contributed by atoms with Crippen LogP contribution in [0.3, 0.4) is 0 Å². The van der Waals surface area contributed by atoms with E-state index in [1.54, 1.807) is 13.8 Å². The molecule has 0 aliphatic rings. The normalized spacial score (nSPS) is 14.2. The van der Waals surface area contributed by atoms with Crippen molar-refractivity contribution in [2.75, 3.05) is 20.1 Å². The van der Waals surface area contributed by atoms with Crippen LogP contribution in [0.5, 0.6) is 0 Å². The summed E-state index contributed by atoms with van der Waals surface area (Å²) in [6.45, 7) is 4.15. The number of nitrogens with zero attached hydrogens (tertiary/aromatic N) is 1. The summed E-state index contributed by atoms with van der Waals surface area (Å²) in [4.78, 5) is 11.1. The number of carbonyl (C=O) groups excluding carboxylic acids is 1. The van der Waals surface area contributed by atoms with E-state index >= 15 is 0 Å². The van der Waals surface area contributed by atoms with Crippen LogP contribution in [-0.2, 0) is 15.0 Å². The zero-order valence-electron chi connectivity index (χ0n) is 10.5. The first kappa shape index (κ1) is 16.3. The highest BCUT2D eigenvalue weighted by molar-refractivity contribution is 7.87. The lowest BCUT2D eigenvalue weighted by Crippen LogP contribution is -2.51. The van der Waals surface area contributed by atoms with Gasteiger partial charge in [-0.3, -0.25) is 4.79 Å². The summed E-state index contributed by atoms with van der Waals surface area (Å²) in [6.07, 6.45) is 0.556. The van der Waals surface area contributed by atoms with Gasteiger partial charge in [-0.05, 0) is 18.9 Å². The molecule has 0 aliphatic heterocycles. The molecule has 0 bridgehead atoms. The fourth-order valence-electron chi connectivity index (χ4n) is 1.21. The van der Waals surface area contributed by atoms with Crippen LogP contribution < -0.4 is 16.2 Å². The molecule has 1 amide bonds. The van der Waals surface area contributed by atoms with Gasteiger partial charge in [0.25, 0.3) is 10.2 Å². The van der Waals surface area contributed by atoms with E-state index in [4.69, 9.17) is 11.5 Å². The predicted molar refractivity (Wildman–Crippen MR) is 66.2 cm³/mol. The van der Waals surface area contributed by atoms with Gasteiger partial charge in [0.15, 0.2) is 0 Å². The highest BCUT2D eigenvalue weighted by atomic mass is 32.2. The summed E-state index contributed by atoms with van der Waals surface area (Å²) < 4.78 is 27.1. The number of primary amides is 1. The van der Waals surface area contributed by atoms with E-state index in [1.165, 1.54) is 7.05 Å². The number of hydrogen-bond donors (Lipinski definition) is 3. The lowest BCUT2D eigenvalue weighted by Gasteiger charge is -2.23. The minimum absolute atomic E-state index is 0.204. The Bertz CT molecular complexity index is 342. The van der Waals surface area contributed by atoms with Crippen molar-refractivity contribution >= 4 is 16.1 Å². The van der Waals surface area contributed by atoms with Crippen molar-refractivity contribution in [1.82, 2.24) is 9.03 Å². The third-order valence-corrected chi connectivity index (χ3v) is 3.89. The van der Waals surface area contributed by atoms with Crippen LogP contribution >= 0.6 is 0 Å². The largest absolute Gasteiger partial charge is 0.368 e. The molecular weight excluding hydrogens is 244 g/mol. The van der Waals surface area contributed by atoms with Crippen molar-refractivity contribution < 1.29 is 13.2 Å². The fraction of sp³-hybridized carbons (Fsp3) is 0.889. The lowest BCUT2D eigenvalue weighted by atomic mass is 10.1. The Morgan fingerprint density at radius 1 is 1.41 bits per heavy atom. The molecule has 17 heavy (non-hydrogen) atoms. The molecule has 0 aromatic carbocycles. The minimum atomic E-state index is -3.69. The van der Waals surface area contributed by atoms with Crippen molar-refractivity contribution in [3.63, 3.8) is 0 Å². The molecule has 0 aliphatic carbocycles. The van der Waals surface area contributed by atoms with Gasteiger partial charge in [-0.25, -0.2) is 0 Å². The number of rotatable bonds is 8. The molecular formula is C9H22N4O3S. The SMILES string of the molecule is CC(C)C(NS(=O)(=O)N(C)CCCN)C(N)=O. The van der Waals surface area contributed by atoms with Crippen LogP contribution in [-0.4, -0.2) is 44.8 Å². The molecule has 102 valence electrons. The summed E-state index contributed by atoms with van der Waals surface area (Å²) >= 11 is 0. The summed E-state index contributed by atoms with van der Waals surface area (Å²) in [7, 11) is -2.27. The average molecular weight is 266 g/mol. The number of amides is 1. The Morgan fingerprint density at radius 3 is 2.29 bits per heavy atom. The van der Waals surface area contributed by atoms with Gasteiger partial charge in [-0.2, -0.15) is 17.4 Å². The van der Waals surface area contributed by atoms with Crippen LogP contribution in [0.2, 0.25) is 0 Å². The maximum Gasteiger partial charge on any atom is 0.279 e. The van der Waals surface area contributed by atoms with Gasteiger partial charge in [0.1, 0.15) is 6.04 Å². The van der Waals surface area contributed by atoms with Gasteiger partial charge in [-0.1, -0.05) is 13.8 Å². The second-order valence-corrected chi connectivity index (χ2v) is 6.02. The standard InChI is InChI=1S/C9H22N4O3S/c1-7(2)8(9(11)14)12-17(15,16)13(3)6-4-5-10/h7-8,12H,4-6,10H2,1-3H3,(H2,11,14). The maximum atomic E-state index is 11.8. The van der Waals surface area contributed by atoms with Gasteiger partial charge >= 0.3 is 0 Å². The quantitative estimate of drug-likeness (QED) is 0.501. The summed E-state index contributed by atoms with van der Waals surface area (Å²) in [5.74, 6) is -0.888. The number of nitrogens with one attached hydrogen (secondary N) is 1. The molecule has 0 saturated heterocycles. The number of hydrogen-bond acceptors (Lipinski definition) is 4. The van der Waals surface area contributed by atoms with Crippen molar-refractivity contribution in [3.05, 3.63) is 0 Å². The van der Waals surface area contributed by atoms with E-state index < -0.39 is 22.2 Å². The third kappa shape index (κ3) is 5.44. The summed E-state index contributed by atoms with van der Waals surface area (Å²) in [5.41, 5.74) is 10.4. The molecule has 8 heteroatoms. The first-order valence-corrected chi connectivity index (χ1v) is 6.89. The topological polar surface area (TPSA) is 119 Å². The van der Waals surface area contributed by atoms with Gasteiger partial charge in [0.2, 0.25) is 5.91 Å². The van der Waals surface area contributed by atoms with Gasteiger partial charge in [0, 0.05) is 13.6 Å². The Kier molecular flexibility index (Phi) is 6.61. The Hall–Kier alpha value is -0.700. The molecule has 0 aromatic heterocycles. The van der Waals surface area contributed by atoms with Gasteiger partial charge in [0.05, 0.1) is 0 Å². The van der Waals surface area contributed by atoms with E-state index in [9.17, 15) is 13.2 Å². The zero-order valence-corrected chi connectivity index (χ0v) is 11.3. The molecule has 0 saturated carbocycles. The summed E-state index contributed by atoms with van der Waals surface area (Å²) in [5, 5.41) is 0. The second-order valence-electron chi connectivity index (χ2n) is 4.21. The van der Waals surface area contributed by atoms with Crippen LogP contribution in [0.1, 0.15) is 20.3 Å². The van der Waals surface area contributed by atoms with E-state index in [0.29, 0.717) is 19.5 Å². The molecule has 0 heterocycles. The average Bonchev–Trinajstić information content (AvgIpc) is 2.21. The molecule has 0 radical (unpaired) electrons. The monoisotopic (exact) mass is 266 g/mol. The van der Waals surface area contributed by atoms with Crippen molar-refractivity contribution in [2.24, 2.45) is 17.4 Å². The smallest absolute Gasteiger partial charge is 0.279 e. The van der Waals surface area contributed by atoms with Crippen molar-refractivity contribution in [2.45, 2.75) is 26.3 Å². The van der Waals surface area contributed by atoms with E-state index in [1.807, 2.05) is 0 Å². The highest BCUT2D eigenvalue weighted by Crippen LogP contribution is 2.05. The fourth-order valence-corrected chi connectivity index (χ4v) is 2.47. The lowest BCUT2D eigenvalue weighted by molar-refractivity contribution is -0.120. The Labute approximate surface area is 103 Å². The Morgan fingerprint density at radius 2 is 1.94 bits per heavy atom. The molecule has 5 N–H and O–H groups in total.